The highest BCUT2D eigenvalue weighted by atomic mass is 32.1. The smallest absolute Gasteiger partial charge is 0.309 e. The molecule has 0 aliphatic rings. The summed E-state index contributed by atoms with van der Waals surface area (Å²) < 4.78 is 5.47. The van der Waals surface area contributed by atoms with Crippen molar-refractivity contribution in [2.24, 2.45) is 5.41 Å². The molecule has 1 heterocycles. The van der Waals surface area contributed by atoms with Crippen molar-refractivity contribution >= 4 is 17.3 Å². The molecule has 0 fully saturated rings. The van der Waals surface area contributed by atoms with Gasteiger partial charge in [0.25, 0.3) is 0 Å². The Labute approximate surface area is 100 Å². The molecule has 0 saturated heterocycles. The number of hydrogen-bond donors (Lipinski definition) is 1. The molecule has 1 aromatic heterocycles. The highest BCUT2D eigenvalue weighted by molar-refractivity contribution is 7.09. The molecule has 0 bridgehead atoms. The molecule has 90 valence electrons. The van der Waals surface area contributed by atoms with E-state index in [1.807, 2.05) is 17.5 Å². The van der Waals surface area contributed by atoms with Crippen LogP contribution in [0.4, 0.5) is 0 Å². The van der Waals surface area contributed by atoms with E-state index in [4.69, 9.17) is 9.84 Å². The highest BCUT2D eigenvalue weighted by Gasteiger charge is 2.25. The van der Waals surface area contributed by atoms with Crippen LogP contribution in [0, 0.1) is 5.41 Å². The highest BCUT2D eigenvalue weighted by Crippen LogP contribution is 2.22. The Bertz CT molecular complexity index is 317. The van der Waals surface area contributed by atoms with Crippen LogP contribution in [0.15, 0.2) is 17.5 Å². The van der Waals surface area contributed by atoms with E-state index in [1.165, 1.54) is 4.88 Å². The third kappa shape index (κ3) is 4.33. The van der Waals surface area contributed by atoms with Crippen molar-refractivity contribution in [1.29, 1.82) is 0 Å². The zero-order valence-corrected chi connectivity index (χ0v) is 10.5. The first-order valence-electron chi connectivity index (χ1n) is 5.36. The predicted molar refractivity (Wildman–Crippen MR) is 64.6 cm³/mol. The van der Waals surface area contributed by atoms with Crippen LogP contribution < -0.4 is 0 Å². The Morgan fingerprint density at radius 3 is 2.88 bits per heavy atom. The minimum absolute atomic E-state index is 0.620. The number of aliphatic carboxylic acids is 1. The monoisotopic (exact) mass is 242 g/mol. The largest absolute Gasteiger partial charge is 0.481 e. The van der Waals surface area contributed by atoms with Gasteiger partial charge in [-0.2, -0.15) is 0 Å². The number of carbonyl (C=O) groups is 1. The maximum Gasteiger partial charge on any atom is 0.309 e. The van der Waals surface area contributed by atoms with Crippen LogP contribution in [0.25, 0.3) is 0 Å². The van der Waals surface area contributed by atoms with Crippen molar-refractivity contribution in [2.75, 3.05) is 6.61 Å². The molecule has 0 saturated carbocycles. The van der Waals surface area contributed by atoms with Gasteiger partial charge in [0.15, 0.2) is 0 Å². The number of hydrogen-bond acceptors (Lipinski definition) is 3. The lowest BCUT2D eigenvalue weighted by Crippen LogP contribution is -2.23. The van der Waals surface area contributed by atoms with Gasteiger partial charge in [0, 0.05) is 11.5 Å². The van der Waals surface area contributed by atoms with E-state index in [0.717, 1.165) is 6.42 Å². The van der Waals surface area contributed by atoms with Gasteiger partial charge in [-0.05, 0) is 38.1 Å². The van der Waals surface area contributed by atoms with Gasteiger partial charge in [-0.1, -0.05) is 6.07 Å². The normalized spacial score (nSPS) is 11.6. The molecule has 0 unspecified atom stereocenters. The lowest BCUT2D eigenvalue weighted by atomic mass is 9.88. The Morgan fingerprint density at radius 2 is 2.31 bits per heavy atom. The van der Waals surface area contributed by atoms with Crippen molar-refractivity contribution < 1.29 is 14.6 Å². The second-order valence-electron chi connectivity index (χ2n) is 4.42. The third-order valence-electron chi connectivity index (χ3n) is 2.49. The van der Waals surface area contributed by atoms with Gasteiger partial charge in [-0.15, -0.1) is 11.3 Å². The van der Waals surface area contributed by atoms with Crippen LogP contribution in [0.5, 0.6) is 0 Å². The minimum atomic E-state index is -0.745. The Kier molecular flexibility index (Phi) is 4.96. The van der Waals surface area contributed by atoms with Gasteiger partial charge in [0.1, 0.15) is 0 Å². The molecule has 0 aliphatic heterocycles. The fraction of sp³-hybridized carbons (Fsp3) is 0.583. The first kappa shape index (κ1) is 13.2. The summed E-state index contributed by atoms with van der Waals surface area (Å²) in [7, 11) is 0. The topological polar surface area (TPSA) is 46.5 Å². The molecule has 0 aliphatic carbocycles. The summed E-state index contributed by atoms with van der Waals surface area (Å²) in [5.41, 5.74) is -0.647. The van der Waals surface area contributed by atoms with Gasteiger partial charge in [-0.25, -0.2) is 0 Å². The number of thiophene rings is 1. The van der Waals surface area contributed by atoms with Crippen LogP contribution in [-0.2, 0) is 16.1 Å². The standard InChI is InChI=1S/C12H18O3S/c1-12(2,11(13)14)6-4-7-15-9-10-5-3-8-16-10/h3,5,8H,4,6-7,9H2,1-2H3,(H,13,14). The molecule has 4 heteroatoms. The summed E-state index contributed by atoms with van der Waals surface area (Å²) in [5.74, 6) is -0.745. The van der Waals surface area contributed by atoms with Crippen LogP contribution in [0.1, 0.15) is 31.6 Å². The summed E-state index contributed by atoms with van der Waals surface area (Å²) in [6.45, 7) is 4.74. The van der Waals surface area contributed by atoms with Crippen molar-refractivity contribution in [1.82, 2.24) is 0 Å². The van der Waals surface area contributed by atoms with Gasteiger partial charge in [0.2, 0.25) is 0 Å². The summed E-state index contributed by atoms with van der Waals surface area (Å²) in [6, 6.07) is 4.03. The quantitative estimate of drug-likeness (QED) is 0.747. The van der Waals surface area contributed by atoms with E-state index in [2.05, 4.69) is 0 Å². The van der Waals surface area contributed by atoms with E-state index < -0.39 is 11.4 Å². The van der Waals surface area contributed by atoms with Crippen molar-refractivity contribution in [2.45, 2.75) is 33.3 Å². The fourth-order valence-corrected chi connectivity index (χ4v) is 1.93. The van der Waals surface area contributed by atoms with Crippen LogP contribution in [0.3, 0.4) is 0 Å². The van der Waals surface area contributed by atoms with E-state index in [0.29, 0.717) is 19.6 Å². The van der Waals surface area contributed by atoms with Gasteiger partial charge in [0.05, 0.1) is 12.0 Å². The zero-order chi connectivity index (χ0) is 12.0. The maximum absolute atomic E-state index is 10.8. The van der Waals surface area contributed by atoms with Gasteiger partial charge in [-0.3, -0.25) is 4.79 Å². The Morgan fingerprint density at radius 1 is 1.56 bits per heavy atom. The molecular formula is C12H18O3S. The average molecular weight is 242 g/mol. The Hall–Kier alpha value is -0.870. The lowest BCUT2D eigenvalue weighted by molar-refractivity contribution is -0.147. The van der Waals surface area contributed by atoms with Gasteiger partial charge < -0.3 is 9.84 Å². The molecule has 1 aromatic rings. The molecule has 0 atom stereocenters. The van der Waals surface area contributed by atoms with E-state index in [-0.39, 0.29) is 0 Å². The molecular weight excluding hydrogens is 224 g/mol. The molecule has 16 heavy (non-hydrogen) atoms. The van der Waals surface area contributed by atoms with E-state index in [9.17, 15) is 4.79 Å². The second kappa shape index (κ2) is 6.01. The maximum atomic E-state index is 10.8. The summed E-state index contributed by atoms with van der Waals surface area (Å²) in [5, 5.41) is 10.9. The number of rotatable bonds is 7. The molecule has 3 nitrogen and oxygen atoms in total. The molecule has 0 aromatic carbocycles. The Balaban J connectivity index is 2.10. The predicted octanol–water partition coefficient (Wildman–Crippen LogP) is 3.16. The SMILES string of the molecule is CC(C)(CCCOCc1cccs1)C(=O)O. The van der Waals surface area contributed by atoms with Crippen LogP contribution in [-0.4, -0.2) is 17.7 Å². The minimum Gasteiger partial charge on any atom is -0.481 e. The lowest BCUT2D eigenvalue weighted by Gasteiger charge is -2.18. The molecule has 1 rings (SSSR count). The van der Waals surface area contributed by atoms with Crippen molar-refractivity contribution in [3.8, 4) is 0 Å². The summed E-state index contributed by atoms with van der Waals surface area (Å²) in [6.07, 6.45) is 1.43. The zero-order valence-electron chi connectivity index (χ0n) is 9.73. The molecule has 0 spiro atoms. The fourth-order valence-electron chi connectivity index (χ4n) is 1.29. The first-order valence-corrected chi connectivity index (χ1v) is 6.24. The summed E-state index contributed by atoms with van der Waals surface area (Å²) in [4.78, 5) is 12.0. The van der Waals surface area contributed by atoms with Crippen LogP contribution >= 0.6 is 11.3 Å². The third-order valence-corrected chi connectivity index (χ3v) is 3.34. The van der Waals surface area contributed by atoms with Crippen LogP contribution in [0.2, 0.25) is 0 Å². The van der Waals surface area contributed by atoms with E-state index >= 15 is 0 Å². The van der Waals surface area contributed by atoms with Crippen molar-refractivity contribution in [3.63, 3.8) is 0 Å². The summed E-state index contributed by atoms with van der Waals surface area (Å²) >= 11 is 1.67. The average Bonchev–Trinajstić information content (AvgIpc) is 2.69. The number of carboxylic acid groups (broad SMARTS) is 1. The molecule has 1 N–H and O–H groups in total. The van der Waals surface area contributed by atoms with Crippen molar-refractivity contribution in [3.05, 3.63) is 22.4 Å². The number of carboxylic acids is 1. The van der Waals surface area contributed by atoms with E-state index in [1.54, 1.807) is 25.2 Å². The first-order chi connectivity index (χ1) is 7.52. The molecule has 0 radical (unpaired) electrons. The van der Waals surface area contributed by atoms with Gasteiger partial charge >= 0.3 is 5.97 Å². The second-order valence-corrected chi connectivity index (χ2v) is 5.46. The number of ether oxygens (including phenoxy) is 1. The molecule has 0 amide bonds.